The van der Waals surface area contributed by atoms with Crippen LogP contribution in [0.4, 0.5) is 0 Å². The van der Waals surface area contributed by atoms with E-state index in [1.54, 1.807) is 6.92 Å². The molecule has 0 saturated heterocycles. The highest BCUT2D eigenvalue weighted by Gasteiger charge is 2.38. The molecule has 2 atom stereocenters. The highest BCUT2D eigenvalue weighted by atomic mass is 16.7. The van der Waals surface area contributed by atoms with E-state index in [9.17, 15) is 14.7 Å². The Balaban J connectivity index is 1.49. The van der Waals surface area contributed by atoms with Gasteiger partial charge in [0, 0.05) is 6.04 Å². The summed E-state index contributed by atoms with van der Waals surface area (Å²) >= 11 is 0. The largest absolute Gasteiger partial charge is 0.461 e. The molecule has 1 aromatic heterocycles. The molecule has 0 unspecified atom stereocenters. The molecule has 0 radical (unpaired) electrons. The van der Waals surface area contributed by atoms with Gasteiger partial charge in [-0.25, -0.2) is 0 Å². The lowest BCUT2D eigenvalue weighted by Gasteiger charge is -2.30. The second kappa shape index (κ2) is 11.5. The Morgan fingerprint density at radius 2 is 1.92 bits per heavy atom. The number of carbonyl (C=O) groups is 2. The van der Waals surface area contributed by atoms with Crippen LogP contribution in [0.25, 0.3) is 11.1 Å². The summed E-state index contributed by atoms with van der Waals surface area (Å²) in [5.74, 6) is -0.662. The molecule has 3 aromatic rings. The fourth-order valence-electron chi connectivity index (χ4n) is 3.91. The number of aromatic amines is 1. The average Bonchev–Trinajstić information content (AvgIpc) is 3.63. The summed E-state index contributed by atoms with van der Waals surface area (Å²) < 4.78 is 15.5. The number of aromatic nitrogens is 3. The number of esters is 1. The highest BCUT2D eigenvalue weighted by Crippen LogP contribution is 2.28. The number of nitrogens with zero attached hydrogens (tertiary/aromatic N) is 2. The SMILES string of the molecule is C[C@@](CO)(C[C@@H](Cc1ccc(-c2ccccc2)cc1)NC(=O)c1cn[nH]n1)C(=O)OCC1=COCO1. The van der Waals surface area contributed by atoms with Gasteiger partial charge in [0.2, 0.25) is 6.79 Å². The number of H-pyrrole nitrogens is 1. The molecule has 188 valence electrons. The first kappa shape index (κ1) is 24.9. The minimum absolute atomic E-state index is 0.0728. The van der Waals surface area contributed by atoms with E-state index in [-0.39, 0.29) is 25.5 Å². The number of amides is 1. The Labute approximate surface area is 208 Å². The molecule has 0 fully saturated rings. The molecule has 2 aromatic carbocycles. The monoisotopic (exact) mass is 492 g/mol. The van der Waals surface area contributed by atoms with Gasteiger partial charge in [0.1, 0.15) is 6.26 Å². The quantitative estimate of drug-likeness (QED) is 0.348. The number of carbonyl (C=O) groups excluding carboxylic acids is 2. The van der Waals surface area contributed by atoms with Crippen molar-refractivity contribution < 1.29 is 28.9 Å². The number of hydrogen-bond acceptors (Lipinski definition) is 8. The van der Waals surface area contributed by atoms with Crippen molar-refractivity contribution in [1.82, 2.24) is 20.7 Å². The average molecular weight is 493 g/mol. The Kier molecular flexibility index (Phi) is 7.96. The standard InChI is InChI=1S/C26H28N4O6/c1-26(16-31,25(33)35-15-22-14-34-17-36-22)12-21(28-24(32)23-13-27-30-29-23)11-18-7-9-20(10-8-18)19-5-3-2-4-6-19/h2-10,13-14,21,31H,11-12,15-17H2,1H3,(H,28,32)(H,27,29,30)/t21-,26+/m1/s1. The Morgan fingerprint density at radius 3 is 2.56 bits per heavy atom. The van der Waals surface area contributed by atoms with Gasteiger partial charge < -0.3 is 24.6 Å². The predicted octanol–water partition coefficient (Wildman–Crippen LogP) is 2.59. The van der Waals surface area contributed by atoms with Crippen molar-refractivity contribution in [2.75, 3.05) is 20.0 Å². The van der Waals surface area contributed by atoms with Crippen LogP contribution in [0.15, 0.2) is 72.8 Å². The first-order valence-corrected chi connectivity index (χ1v) is 11.5. The molecular formula is C26H28N4O6. The van der Waals surface area contributed by atoms with Gasteiger partial charge >= 0.3 is 5.97 Å². The molecule has 1 amide bonds. The molecule has 10 nitrogen and oxygen atoms in total. The topological polar surface area (TPSA) is 136 Å². The molecule has 3 N–H and O–H groups in total. The maximum absolute atomic E-state index is 12.9. The first-order chi connectivity index (χ1) is 17.5. The van der Waals surface area contributed by atoms with Crippen LogP contribution in [-0.2, 0) is 25.4 Å². The van der Waals surface area contributed by atoms with Crippen molar-refractivity contribution in [2.24, 2.45) is 5.41 Å². The number of aliphatic hydroxyl groups is 1. The normalized spacial score (nSPS) is 15.1. The lowest BCUT2D eigenvalue weighted by atomic mass is 9.82. The third-order valence-corrected chi connectivity index (χ3v) is 5.94. The van der Waals surface area contributed by atoms with Crippen LogP contribution >= 0.6 is 0 Å². The molecule has 2 heterocycles. The van der Waals surface area contributed by atoms with Gasteiger partial charge in [-0.05, 0) is 36.5 Å². The third-order valence-electron chi connectivity index (χ3n) is 5.94. The van der Waals surface area contributed by atoms with E-state index < -0.39 is 29.9 Å². The smallest absolute Gasteiger partial charge is 0.314 e. The van der Waals surface area contributed by atoms with Gasteiger partial charge in [0.15, 0.2) is 18.1 Å². The van der Waals surface area contributed by atoms with Crippen molar-refractivity contribution in [3.05, 3.63) is 84.1 Å². The van der Waals surface area contributed by atoms with Gasteiger partial charge in [0.05, 0.1) is 18.2 Å². The first-order valence-electron chi connectivity index (χ1n) is 11.5. The Hall–Kier alpha value is -4.18. The van der Waals surface area contributed by atoms with Crippen molar-refractivity contribution in [3.8, 4) is 11.1 Å². The third kappa shape index (κ3) is 6.28. The van der Waals surface area contributed by atoms with E-state index in [1.165, 1.54) is 12.5 Å². The summed E-state index contributed by atoms with van der Waals surface area (Å²) in [4.78, 5) is 25.6. The summed E-state index contributed by atoms with van der Waals surface area (Å²) in [6.45, 7) is 1.10. The molecule has 1 aliphatic heterocycles. The van der Waals surface area contributed by atoms with Crippen LogP contribution in [0, 0.1) is 5.41 Å². The molecule has 36 heavy (non-hydrogen) atoms. The fraction of sp³-hybridized carbons (Fsp3) is 0.308. The fourth-order valence-corrected chi connectivity index (χ4v) is 3.91. The van der Waals surface area contributed by atoms with Crippen molar-refractivity contribution in [3.63, 3.8) is 0 Å². The minimum atomic E-state index is -1.27. The zero-order valence-corrected chi connectivity index (χ0v) is 19.8. The van der Waals surface area contributed by atoms with E-state index in [4.69, 9.17) is 14.2 Å². The highest BCUT2D eigenvalue weighted by molar-refractivity contribution is 5.92. The zero-order valence-electron chi connectivity index (χ0n) is 19.8. The number of hydrogen-bond donors (Lipinski definition) is 3. The number of rotatable bonds is 11. The van der Waals surface area contributed by atoms with Gasteiger partial charge in [-0.1, -0.05) is 54.6 Å². The van der Waals surface area contributed by atoms with Crippen LogP contribution in [0.3, 0.4) is 0 Å². The Morgan fingerprint density at radius 1 is 1.17 bits per heavy atom. The summed E-state index contributed by atoms with van der Waals surface area (Å²) in [6.07, 6.45) is 3.24. The Bertz CT molecular complexity index is 1180. The van der Waals surface area contributed by atoms with E-state index in [0.717, 1.165) is 16.7 Å². The maximum atomic E-state index is 12.9. The van der Waals surface area contributed by atoms with Crippen LogP contribution in [0.2, 0.25) is 0 Å². The molecule has 0 bridgehead atoms. The minimum Gasteiger partial charge on any atom is -0.461 e. The number of nitrogens with one attached hydrogen (secondary N) is 2. The maximum Gasteiger partial charge on any atom is 0.314 e. The summed E-state index contributed by atoms with van der Waals surface area (Å²) in [5.41, 5.74) is 1.97. The van der Waals surface area contributed by atoms with Crippen LogP contribution in [0.5, 0.6) is 0 Å². The number of ether oxygens (including phenoxy) is 3. The number of aliphatic hydroxyl groups excluding tert-OH is 1. The number of benzene rings is 2. The summed E-state index contributed by atoms with van der Waals surface area (Å²) in [7, 11) is 0. The van der Waals surface area contributed by atoms with Crippen molar-refractivity contribution in [2.45, 2.75) is 25.8 Å². The summed E-state index contributed by atoms with van der Waals surface area (Å²) in [6, 6.07) is 17.5. The van der Waals surface area contributed by atoms with Crippen LogP contribution < -0.4 is 5.32 Å². The van der Waals surface area contributed by atoms with Gasteiger partial charge in [-0.3, -0.25) is 9.59 Å². The van der Waals surface area contributed by atoms with Gasteiger partial charge in [-0.2, -0.15) is 15.4 Å². The molecule has 4 rings (SSSR count). The van der Waals surface area contributed by atoms with Gasteiger partial charge in [0.25, 0.3) is 5.91 Å². The summed E-state index contributed by atoms with van der Waals surface area (Å²) in [5, 5.41) is 23.0. The molecule has 0 aliphatic carbocycles. The molecule has 1 aliphatic rings. The van der Waals surface area contributed by atoms with E-state index in [2.05, 4.69) is 20.7 Å². The van der Waals surface area contributed by atoms with E-state index in [1.807, 2.05) is 54.6 Å². The van der Waals surface area contributed by atoms with Crippen molar-refractivity contribution >= 4 is 11.9 Å². The second-order valence-corrected chi connectivity index (χ2v) is 8.80. The lowest BCUT2D eigenvalue weighted by Crippen LogP contribution is -2.45. The van der Waals surface area contributed by atoms with Crippen molar-refractivity contribution in [1.29, 1.82) is 0 Å². The van der Waals surface area contributed by atoms with E-state index in [0.29, 0.717) is 12.2 Å². The second-order valence-electron chi connectivity index (χ2n) is 8.80. The molecular weight excluding hydrogens is 464 g/mol. The lowest BCUT2D eigenvalue weighted by molar-refractivity contribution is -0.158. The van der Waals surface area contributed by atoms with Crippen LogP contribution in [-0.4, -0.2) is 58.4 Å². The molecule has 10 heteroatoms. The molecule has 0 spiro atoms. The van der Waals surface area contributed by atoms with Crippen LogP contribution in [0.1, 0.15) is 29.4 Å². The predicted molar refractivity (Wildman–Crippen MR) is 129 cm³/mol. The molecule has 0 saturated carbocycles. The van der Waals surface area contributed by atoms with Gasteiger partial charge in [-0.15, -0.1) is 0 Å². The zero-order chi connectivity index (χ0) is 25.4. The van der Waals surface area contributed by atoms with E-state index >= 15 is 0 Å².